The maximum Gasteiger partial charge on any atom is 0.233 e. The lowest BCUT2D eigenvalue weighted by Gasteiger charge is -2.25. The molecule has 0 spiro atoms. The van der Waals surface area contributed by atoms with Gasteiger partial charge in [0, 0.05) is 6.54 Å². The third kappa shape index (κ3) is 3.67. The van der Waals surface area contributed by atoms with Crippen molar-refractivity contribution in [3.63, 3.8) is 0 Å². The largest absolute Gasteiger partial charge is 0.497 e. The molecule has 0 aliphatic heterocycles. The second-order valence-electron chi connectivity index (χ2n) is 4.58. The summed E-state index contributed by atoms with van der Waals surface area (Å²) in [5, 5.41) is 2.86. The Morgan fingerprint density at radius 1 is 1.42 bits per heavy atom. The van der Waals surface area contributed by atoms with Crippen LogP contribution in [0.5, 0.6) is 5.75 Å². The van der Waals surface area contributed by atoms with E-state index in [1.54, 1.807) is 14.0 Å². The number of benzene rings is 1. The van der Waals surface area contributed by atoms with Crippen molar-refractivity contribution < 1.29 is 9.53 Å². The Balaban J connectivity index is 2.65. The molecule has 0 saturated carbocycles. The Labute approximate surface area is 119 Å². The van der Waals surface area contributed by atoms with Crippen molar-refractivity contribution in [2.24, 2.45) is 11.1 Å². The highest BCUT2D eigenvalue weighted by atomic mass is 32.1. The number of ether oxygens (including phenoxy) is 1. The molecule has 0 radical (unpaired) electrons. The summed E-state index contributed by atoms with van der Waals surface area (Å²) < 4.78 is 5.08. The van der Waals surface area contributed by atoms with Crippen molar-refractivity contribution in [2.75, 3.05) is 7.11 Å². The van der Waals surface area contributed by atoms with Gasteiger partial charge in [-0.15, -0.1) is 0 Å². The van der Waals surface area contributed by atoms with Crippen LogP contribution in [-0.2, 0) is 11.3 Å². The molecule has 0 saturated heterocycles. The number of nitrogens with two attached hydrogens (primary N) is 1. The summed E-state index contributed by atoms with van der Waals surface area (Å²) in [4.78, 5) is 12.4. The van der Waals surface area contributed by atoms with Gasteiger partial charge < -0.3 is 15.8 Å². The molecule has 1 atom stereocenters. The molecule has 1 aromatic carbocycles. The van der Waals surface area contributed by atoms with Crippen LogP contribution >= 0.6 is 12.2 Å². The highest BCUT2D eigenvalue weighted by Crippen LogP contribution is 2.22. The van der Waals surface area contributed by atoms with Crippen LogP contribution in [0, 0.1) is 5.41 Å². The minimum absolute atomic E-state index is 0.140. The van der Waals surface area contributed by atoms with E-state index in [0.29, 0.717) is 13.0 Å². The first-order valence-corrected chi connectivity index (χ1v) is 6.56. The van der Waals surface area contributed by atoms with Crippen LogP contribution in [0.15, 0.2) is 24.3 Å². The lowest BCUT2D eigenvalue weighted by Crippen LogP contribution is -2.46. The van der Waals surface area contributed by atoms with Gasteiger partial charge in [-0.1, -0.05) is 31.3 Å². The predicted octanol–water partition coefficient (Wildman–Crippen LogP) is 2.01. The number of amides is 1. The van der Waals surface area contributed by atoms with Gasteiger partial charge in [0.2, 0.25) is 5.91 Å². The van der Waals surface area contributed by atoms with Crippen LogP contribution in [-0.4, -0.2) is 18.0 Å². The Hall–Kier alpha value is -1.62. The first kappa shape index (κ1) is 15.4. The fourth-order valence-electron chi connectivity index (χ4n) is 1.57. The van der Waals surface area contributed by atoms with E-state index in [1.165, 1.54) is 0 Å². The van der Waals surface area contributed by atoms with Crippen molar-refractivity contribution in [1.29, 1.82) is 0 Å². The zero-order valence-corrected chi connectivity index (χ0v) is 12.3. The van der Waals surface area contributed by atoms with E-state index in [-0.39, 0.29) is 10.9 Å². The van der Waals surface area contributed by atoms with Gasteiger partial charge >= 0.3 is 0 Å². The molecule has 0 aromatic heterocycles. The minimum Gasteiger partial charge on any atom is -0.497 e. The molecule has 19 heavy (non-hydrogen) atoms. The van der Waals surface area contributed by atoms with E-state index in [0.717, 1.165) is 11.3 Å². The van der Waals surface area contributed by atoms with E-state index in [2.05, 4.69) is 5.32 Å². The van der Waals surface area contributed by atoms with Gasteiger partial charge in [-0.2, -0.15) is 0 Å². The van der Waals surface area contributed by atoms with E-state index >= 15 is 0 Å². The van der Waals surface area contributed by atoms with Crippen molar-refractivity contribution in [2.45, 2.75) is 26.8 Å². The van der Waals surface area contributed by atoms with E-state index in [1.807, 2.05) is 31.2 Å². The third-order valence-electron chi connectivity index (χ3n) is 3.36. The van der Waals surface area contributed by atoms with Crippen LogP contribution in [0.3, 0.4) is 0 Å². The van der Waals surface area contributed by atoms with Crippen molar-refractivity contribution in [3.8, 4) is 5.75 Å². The van der Waals surface area contributed by atoms with Gasteiger partial charge in [0.15, 0.2) is 0 Å². The Morgan fingerprint density at radius 3 is 2.42 bits per heavy atom. The van der Waals surface area contributed by atoms with Crippen LogP contribution in [0.2, 0.25) is 0 Å². The van der Waals surface area contributed by atoms with Gasteiger partial charge in [0.05, 0.1) is 17.5 Å². The lowest BCUT2D eigenvalue weighted by molar-refractivity contribution is -0.127. The summed E-state index contributed by atoms with van der Waals surface area (Å²) in [5.74, 6) is 0.648. The topological polar surface area (TPSA) is 64.3 Å². The summed E-state index contributed by atoms with van der Waals surface area (Å²) in [7, 11) is 1.62. The first-order valence-electron chi connectivity index (χ1n) is 6.15. The minimum atomic E-state index is -0.790. The SMILES string of the molecule is CCC(C)(C(=O)NCc1ccc(OC)cc1)C(N)=S. The van der Waals surface area contributed by atoms with Crippen molar-refractivity contribution in [3.05, 3.63) is 29.8 Å². The average molecular weight is 280 g/mol. The van der Waals surface area contributed by atoms with Gasteiger partial charge in [-0.3, -0.25) is 4.79 Å². The summed E-state index contributed by atoms with van der Waals surface area (Å²) in [6.45, 7) is 4.10. The maximum atomic E-state index is 12.1. The number of hydrogen-bond donors (Lipinski definition) is 2. The fourth-order valence-corrected chi connectivity index (χ4v) is 1.80. The number of nitrogens with one attached hydrogen (secondary N) is 1. The van der Waals surface area contributed by atoms with Gasteiger partial charge in [-0.25, -0.2) is 0 Å². The van der Waals surface area contributed by atoms with Crippen LogP contribution in [0.1, 0.15) is 25.8 Å². The zero-order valence-electron chi connectivity index (χ0n) is 11.5. The standard InChI is InChI=1S/C14H20N2O2S/c1-4-14(2,12(15)19)13(17)16-9-10-5-7-11(18-3)8-6-10/h5-8H,4,9H2,1-3H3,(H2,15,19)(H,16,17). The smallest absolute Gasteiger partial charge is 0.233 e. The monoisotopic (exact) mass is 280 g/mol. The van der Waals surface area contributed by atoms with Gasteiger partial charge in [-0.05, 0) is 31.0 Å². The van der Waals surface area contributed by atoms with E-state index in [4.69, 9.17) is 22.7 Å². The Morgan fingerprint density at radius 2 is 2.00 bits per heavy atom. The third-order valence-corrected chi connectivity index (χ3v) is 3.81. The molecular weight excluding hydrogens is 260 g/mol. The fraction of sp³-hybridized carbons (Fsp3) is 0.429. The quantitative estimate of drug-likeness (QED) is 0.782. The van der Waals surface area contributed by atoms with Gasteiger partial charge in [0.25, 0.3) is 0 Å². The van der Waals surface area contributed by atoms with Crippen LogP contribution in [0.4, 0.5) is 0 Å². The molecule has 1 aromatic rings. The molecule has 0 aliphatic rings. The summed E-state index contributed by atoms with van der Waals surface area (Å²) in [6, 6.07) is 7.52. The zero-order chi connectivity index (χ0) is 14.5. The number of rotatable bonds is 6. The van der Waals surface area contributed by atoms with E-state index in [9.17, 15) is 4.79 Å². The van der Waals surface area contributed by atoms with Gasteiger partial charge in [0.1, 0.15) is 5.75 Å². The van der Waals surface area contributed by atoms with Crippen molar-refractivity contribution >= 4 is 23.1 Å². The summed E-state index contributed by atoms with van der Waals surface area (Å²) in [6.07, 6.45) is 0.580. The molecule has 4 nitrogen and oxygen atoms in total. The van der Waals surface area contributed by atoms with Crippen LogP contribution < -0.4 is 15.8 Å². The molecule has 0 fully saturated rings. The summed E-state index contributed by atoms with van der Waals surface area (Å²) >= 11 is 4.97. The number of carbonyl (C=O) groups excluding carboxylic acids is 1. The molecule has 1 rings (SSSR count). The highest BCUT2D eigenvalue weighted by molar-refractivity contribution is 7.80. The maximum absolute atomic E-state index is 12.1. The molecular formula is C14H20N2O2S. The Kier molecular flexibility index (Phi) is 5.30. The molecule has 1 unspecified atom stereocenters. The number of hydrogen-bond acceptors (Lipinski definition) is 3. The van der Waals surface area contributed by atoms with Crippen molar-refractivity contribution in [1.82, 2.24) is 5.32 Å². The summed E-state index contributed by atoms with van der Waals surface area (Å²) in [5.41, 5.74) is 5.85. The highest BCUT2D eigenvalue weighted by Gasteiger charge is 2.34. The lowest BCUT2D eigenvalue weighted by atomic mass is 9.86. The molecule has 3 N–H and O–H groups in total. The Bertz CT molecular complexity index is 459. The number of methoxy groups -OCH3 is 1. The number of carbonyl (C=O) groups is 1. The number of thiocarbonyl (C=S) groups is 1. The molecule has 0 bridgehead atoms. The second-order valence-corrected chi connectivity index (χ2v) is 5.02. The first-order chi connectivity index (χ1) is 8.93. The molecule has 5 heteroatoms. The molecule has 0 aliphatic carbocycles. The average Bonchev–Trinajstić information content (AvgIpc) is 2.44. The molecule has 104 valence electrons. The second kappa shape index (κ2) is 6.52. The van der Waals surface area contributed by atoms with E-state index < -0.39 is 5.41 Å². The predicted molar refractivity (Wildman–Crippen MR) is 80.0 cm³/mol. The van der Waals surface area contributed by atoms with Crippen LogP contribution in [0.25, 0.3) is 0 Å². The normalized spacial score (nSPS) is 13.4. The molecule has 1 amide bonds. The molecule has 0 heterocycles.